The number of carbonyl (C=O) groups is 2. The van der Waals surface area contributed by atoms with Crippen molar-refractivity contribution in [2.75, 3.05) is 6.61 Å². The van der Waals surface area contributed by atoms with Crippen molar-refractivity contribution in [3.63, 3.8) is 0 Å². The maximum absolute atomic E-state index is 11.5. The second-order valence-electron chi connectivity index (χ2n) is 4.58. The number of carboxylic acids is 1. The Balaban J connectivity index is 4.84. The van der Waals surface area contributed by atoms with Gasteiger partial charge in [-0.25, -0.2) is 9.52 Å². The third-order valence-corrected chi connectivity index (χ3v) is 2.86. The lowest BCUT2D eigenvalue weighted by Crippen LogP contribution is -2.53. The average molecular weight is 282 g/mol. The molecule has 1 atom stereocenters. The average Bonchev–Trinajstić information content (AvgIpc) is 2.11. The van der Waals surface area contributed by atoms with Crippen LogP contribution in [-0.2, 0) is 19.7 Å². The van der Waals surface area contributed by atoms with Gasteiger partial charge in [0.15, 0.2) is 0 Å². The Labute approximate surface area is 106 Å². The lowest BCUT2D eigenvalue weighted by Gasteiger charge is -2.27. The number of rotatable bonds is 5. The molecule has 0 rings (SSSR count). The Morgan fingerprint density at radius 1 is 1.33 bits per heavy atom. The molecule has 0 aromatic carbocycles. The van der Waals surface area contributed by atoms with Crippen LogP contribution in [0.3, 0.4) is 0 Å². The van der Waals surface area contributed by atoms with E-state index in [1.54, 1.807) is 25.5 Å². The van der Waals surface area contributed by atoms with Crippen molar-refractivity contribution in [1.29, 1.82) is 0 Å². The topological polar surface area (TPSA) is 122 Å². The van der Waals surface area contributed by atoms with E-state index in [1.807, 2.05) is 4.72 Å². The summed E-state index contributed by atoms with van der Waals surface area (Å²) in [7, 11) is -4.29. The molecule has 0 unspecified atom stereocenters. The summed E-state index contributed by atoms with van der Waals surface area (Å²) in [5.41, 5.74) is -0.852. The summed E-state index contributed by atoms with van der Waals surface area (Å²) in [4.78, 5) is 21.9. The highest BCUT2D eigenvalue weighted by atomic mass is 32.2. The fourth-order valence-electron chi connectivity index (χ4n) is 1.05. The number of carboxylic acid groups (broad SMARTS) is 1. The summed E-state index contributed by atoms with van der Waals surface area (Å²) in [5, 5.41) is 8.94. The standard InChI is InChI=1S/C9H18N2O6S/c1-5-17-8(14)11-18(15,16)10-6(7(12)13)9(2,3)4/h6,10H,5H2,1-4H3,(H,11,14)(H,12,13)/t6-/m0/s1. The Kier molecular flexibility index (Phi) is 5.55. The SMILES string of the molecule is CCOC(=O)NS(=O)(=O)N[C@@H](C(=O)O)C(C)(C)C. The van der Waals surface area contributed by atoms with E-state index >= 15 is 0 Å². The molecule has 9 heteroatoms. The van der Waals surface area contributed by atoms with E-state index in [2.05, 4.69) is 4.74 Å². The van der Waals surface area contributed by atoms with Gasteiger partial charge < -0.3 is 9.84 Å². The normalized spacial score (nSPS) is 13.8. The first-order valence-corrected chi connectivity index (χ1v) is 6.67. The van der Waals surface area contributed by atoms with Gasteiger partial charge in [0, 0.05) is 0 Å². The molecule has 0 fully saturated rings. The maximum atomic E-state index is 11.5. The molecule has 0 aromatic rings. The molecular weight excluding hydrogens is 264 g/mol. The van der Waals surface area contributed by atoms with Crippen LogP contribution >= 0.6 is 0 Å². The van der Waals surface area contributed by atoms with Gasteiger partial charge in [0.1, 0.15) is 6.04 Å². The molecule has 0 aliphatic rings. The van der Waals surface area contributed by atoms with Crippen LogP contribution in [0.25, 0.3) is 0 Å². The smallest absolute Gasteiger partial charge is 0.421 e. The maximum Gasteiger partial charge on any atom is 0.421 e. The molecule has 0 radical (unpaired) electrons. The molecule has 0 aliphatic carbocycles. The molecular formula is C9H18N2O6S. The fraction of sp³-hybridized carbons (Fsp3) is 0.778. The van der Waals surface area contributed by atoms with E-state index in [9.17, 15) is 18.0 Å². The van der Waals surface area contributed by atoms with Crippen LogP contribution in [0.1, 0.15) is 27.7 Å². The quantitative estimate of drug-likeness (QED) is 0.655. The van der Waals surface area contributed by atoms with Crippen molar-refractivity contribution in [2.45, 2.75) is 33.7 Å². The molecule has 1 amide bonds. The van der Waals surface area contributed by atoms with Crippen molar-refractivity contribution in [2.24, 2.45) is 5.41 Å². The highest BCUT2D eigenvalue weighted by Crippen LogP contribution is 2.19. The molecule has 0 saturated heterocycles. The predicted octanol–water partition coefficient (Wildman–Crippen LogP) is 0.0662. The van der Waals surface area contributed by atoms with E-state index in [1.165, 1.54) is 6.92 Å². The van der Waals surface area contributed by atoms with Gasteiger partial charge in [0.05, 0.1) is 6.61 Å². The van der Waals surface area contributed by atoms with Gasteiger partial charge in [0.25, 0.3) is 0 Å². The van der Waals surface area contributed by atoms with Gasteiger partial charge in [-0.3, -0.25) is 4.79 Å². The number of hydrogen-bond acceptors (Lipinski definition) is 5. The Morgan fingerprint density at radius 2 is 1.83 bits per heavy atom. The molecule has 106 valence electrons. The first-order chi connectivity index (χ1) is 7.99. The monoisotopic (exact) mass is 282 g/mol. The number of ether oxygens (including phenoxy) is 1. The van der Waals surface area contributed by atoms with Crippen LogP contribution in [0.2, 0.25) is 0 Å². The summed E-state index contributed by atoms with van der Waals surface area (Å²) in [6, 6.07) is -1.37. The zero-order valence-electron chi connectivity index (χ0n) is 10.7. The summed E-state index contributed by atoms with van der Waals surface area (Å²) in [6.07, 6.45) is -1.16. The third kappa shape index (κ3) is 5.82. The van der Waals surface area contributed by atoms with E-state index in [0.29, 0.717) is 0 Å². The van der Waals surface area contributed by atoms with Crippen LogP contribution in [-0.4, -0.2) is 38.2 Å². The van der Waals surface area contributed by atoms with Gasteiger partial charge in [-0.05, 0) is 12.3 Å². The lowest BCUT2D eigenvalue weighted by molar-refractivity contribution is -0.141. The summed E-state index contributed by atoms with van der Waals surface area (Å²) >= 11 is 0. The second-order valence-corrected chi connectivity index (χ2v) is 6.03. The van der Waals surface area contributed by atoms with Crippen LogP contribution in [0.15, 0.2) is 0 Å². The van der Waals surface area contributed by atoms with Crippen molar-refractivity contribution in [3.8, 4) is 0 Å². The second kappa shape index (κ2) is 6.01. The minimum atomic E-state index is -4.29. The number of aliphatic carboxylic acids is 1. The van der Waals surface area contributed by atoms with E-state index in [4.69, 9.17) is 5.11 Å². The molecule has 0 aromatic heterocycles. The van der Waals surface area contributed by atoms with Crippen molar-refractivity contribution in [1.82, 2.24) is 9.44 Å². The van der Waals surface area contributed by atoms with Crippen molar-refractivity contribution < 1.29 is 27.9 Å². The zero-order valence-corrected chi connectivity index (χ0v) is 11.5. The van der Waals surface area contributed by atoms with Crippen molar-refractivity contribution >= 4 is 22.3 Å². The summed E-state index contributed by atoms with van der Waals surface area (Å²) in [6.45, 7) is 6.17. The van der Waals surface area contributed by atoms with Gasteiger partial charge in [0.2, 0.25) is 0 Å². The van der Waals surface area contributed by atoms with Crippen LogP contribution < -0.4 is 9.44 Å². The zero-order chi connectivity index (χ0) is 14.6. The van der Waals surface area contributed by atoms with E-state index in [-0.39, 0.29) is 6.61 Å². The molecule has 0 aliphatic heterocycles. The predicted molar refractivity (Wildman–Crippen MR) is 63.1 cm³/mol. The van der Waals surface area contributed by atoms with Gasteiger partial charge in [-0.15, -0.1) is 0 Å². The van der Waals surface area contributed by atoms with E-state index in [0.717, 1.165) is 0 Å². The molecule has 0 saturated carbocycles. The molecule has 8 nitrogen and oxygen atoms in total. The van der Waals surface area contributed by atoms with Gasteiger partial charge in [-0.1, -0.05) is 20.8 Å². The minimum absolute atomic E-state index is 0.00296. The third-order valence-electron chi connectivity index (χ3n) is 1.88. The van der Waals surface area contributed by atoms with Crippen LogP contribution in [0.4, 0.5) is 4.79 Å². The molecule has 0 spiro atoms. The minimum Gasteiger partial charge on any atom is -0.480 e. The highest BCUT2D eigenvalue weighted by molar-refractivity contribution is 7.88. The summed E-state index contributed by atoms with van der Waals surface area (Å²) < 4.78 is 30.8. The number of nitrogens with one attached hydrogen (secondary N) is 2. The molecule has 0 heterocycles. The largest absolute Gasteiger partial charge is 0.480 e. The van der Waals surface area contributed by atoms with Gasteiger partial charge in [-0.2, -0.15) is 13.1 Å². The molecule has 3 N–H and O–H groups in total. The van der Waals surface area contributed by atoms with E-state index < -0.39 is 33.7 Å². The number of carbonyl (C=O) groups excluding carboxylic acids is 1. The van der Waals surface area contributed by atoms with Crippen molar-refractivity contribution in [3.05, 3.63) is 0 Å². The Morgan fingerprint density at radius 3 is 2.17 bits per heavy atom. The molecule has 0 bridgehead atoms. The molecule has 18 heavy (non-hydrogen) atoms. The first kappa shape index (κ1) is 16.6. The Hall–Kier alpha value is -1.35. The highest BCUT2D eigenvalue weighted by Gasteiger charge is 2.35. The number of amides is 1. The van der Waals surface area contributed by atoms with Gasteiger partial charge >= 0.3 is 22.3 Å². The number of hydrogen-bond donors (Lipinski definition) is 3. The Bertz CT molecular complexity index is 411. The van der Waals surface area contributed by atoms with Crippen LogP contribution in [0, 0.1) is 5.41 Å². The lowest BCUT2D eigenvalue weighted by atomic mass is 9.88. The summed E-state index contributed by atoms with van der Waals surface area (Å²) in [5.74, 6) is -1.34. The first-order valence-electron chi connectivity index (χ1n) is 5.19. The van der Waals surface area contributed by atoms with Crippen LogP contribution in [0.5, 0.6) is 0 Å². The fourth-order valence-corrected chi connectivity index (χ4v) is 2.15.